The fourth-order valence-electron chi connectivity index (χ4n) is 3.11. The van der Waals surface area contributed by atoms with Crippen LogP contribution in [0.4, 0.5) is 4.79 Å². The lowest BCUT2D eigenvalue weighted by Crippen LogP contribution is -2.44. The smallest absolute Gasteiger partial charge is 0.317 e. The Kier molecular flexibility index (Phi) is 7.65. The van der Waals surface area contributed by atoms with Gasteiger partial charge in [-0.15, -0.1) is 0 Å². The second kappa shape index (κ2) is 9.73. The molecule has 2 heterocycles. The van der Waals surface area contributed by atoms with Crippen LogP contribution in [0.2, 0.25) is 0 Å². The predicted molar refractivity (Wildman–Crippen MR) is 99.6 cm³/mol. The Balaban J connectivity index is 1.66. The van der Waals surface area contributed by atoms with Crippen molar-refractivity contribution in [2.45, 2.75) is 51.7 Å². The molecule has 0 bridgehead atoms. The lowest BCUT2D eigenvalue weighted by Gasteiger charge is -2.29. The van der Waals surface area contributed by atoms with Crippen LogP contribution in [0.5, 0.6) is 0 Å². The van der Waals surface area contributed by atoms with Crippen molar-refractivity contribution in [3.63, 3.8) is 0 Å². The third-order valence-corrected chi connectivity index (χ3v) is 5.07. The molecule has 0 unspecified atom stereocenters. The van der Waals surface area contributed by atoms with Gasteiger partial charge in [-0.25, -0.2) is 4.79 Å². The lowest BCUT2D eigenvalue weighted by molar-refractivity contribution is 0.0821. The van der Waals surface area contributed by atoms with E-state index in [-0.39, 0.29) is 18.2 Å². The van der Waals surface area contributed by atoms with Gasteiger partial charge in [0.05, 0.1) is 6.10 Å². The summed E-state index contributed by atoms with van der Waals surface area (Å²) in [5.41, 5.74) is 2.21. The first-order valence-corrected chi connectivity index (χ1v) is 9.29. The number of piperidine rings is 1. The first kappa shape index (κ1) is 19.7. The molecule has 0 aromatic carbocycles. The van der Waals surface area contributed by atoms with Crippen molar-refractivity contribution >= 4 is 6.03 Å². The van der Waals surface area contributed by atoms with Gasteiger partial charge in [-0.2, -0.15) is 0 Å². The number of aliphatic hydroxyl groups is 1. The summed E-state index contributed by atoms with van der Waals surface area (Å²) in [5.74, 6) is 0. The maximum Gasteiger partial charge on any atom is 0.317 e. The number of carbonyl (C=O) groups excluding carboxylic acids is 1. The molecule has 25 heavy (non-hydrogen) atoms. The first-order valence-electron chi connectivity index (χ1n) is 9.29. The van der Waals surface area contributed by atoms with Gasteiger partial charge in [0, 0.05) is 51.0 Å². The summed E-state index contributed by atoms with van der Waals surface area (Å²) in [5, 5.41) is 12.5. The molecule has 6 nitrogen and oxygen atoms in total. The van der Waals surface area contributed by atoms with Crippen LogP contribution >= 0.6 is 0 Å². The van der Waals surface area contributed by atoms with E-state index in [4.69, 9.17) is 0 Å². The number of nitrogens with one attached hydrogen (secondary N) is 1. The Morgan fingerprint density at radius 3 is 2.88 bits per heavy atom. The van der Waals surface area contributed by atoms with Crippen molar-refractivity contribution < 1.29 is 9.90 Å². The number of pyridine rings is 1. The van der Waals surface area contributed by atoms with E-state index in [1.807, 2.05) is 20.0 Å². The Morgan fingerprint density at radius 1 is 1.48 bits per heavy atom. The minimum atomic E-state index is -0.131. The number of hydrogen-bond donors (Lipinski definition) is 2. The van der Waals surface area contributed by atoms with Crippen LogP contribution in [0, 0.1) is 6.92 Å². The normalized spacial score (nSPS) is 17.3. The molecule has 1 fully saturated rings. The van der Waals surface area contributed by atoms with Gasteiger partial charge in [0.25, 0.3) is 0 Å². The number of rotatable bonds is 7. The van der Waals surface area contributed by atoms with Crippen molar-refractivity contribution in [2.75, 3.05) is 33.2 Å². The molecular weight excluding hydrogens is 316 g/mol. The standard InChI is InChI=1S/C19H32N4O2/c1-15-6-4-9-20-18(15)14-16(2)22(3)19(25)21-10-5-11-23-12-7-17(24)8-13-23/h4,6,9,16-17,24H,5,7-8,10-14H2,1-3H3,(H,21,25)/t16-/m0/s1. The van der Waals surface area contributed by atoms with E-state index in [9.17, 15) is 9.90 Å². The largest absolute Gasteiger partial charge is 0.393 e. The zero-order chi connectivity index (χ0) is 18.2. The van der Waals surface area contributed by atoms with Crippen LogP contribution in [-0.4, -0.2) is 71.3 Å². The molecule has 1 aromatic rings. The van der Waals surface area contributed by atoms with Crippen molar-refractivity contribution in [1.29, 1.82) is 0 Å². The fraction of sp³-hybridized carbons (Fsp3) is 0.684. The van der Waals surface area contributed by atoms with Crippen LogP contribution in [0.15, 0.2) is 18.3 Å². The quantitative estimate of drug-likeness (QED) is 0.738. The molecule has 2 amide bonds. The SMILES string of the molecule is Cc1cccnc1C[C@H](C)N(C)C(=O)NCCCN1CCC(O)CC1. The molecule has 0 saturated carbocycles. The van der Waals surface area contributed by atoms with Gasteiger partial charge in [0.15, 0.2) is 0 Å². The summed E-state index contributed by atoms with van der Waals surface area (Å²) in [4.78, 5) is 20.8. The maximum atomic E-state index is 12.3. The highest BCUT2D eigenvalue weighted by Crippen LogP contribution is 2.11. The summed E-state index contributed by atoms with van der Waals surface area (Å²) in [6.07, 6.45) is 5.08. The van der Waals surface area contributed by atoms with E-state index in [0.29, 0.717) is 6.54 Å². The predicted octanol–water partition coefficient (Wildman–Crippen LogP) is 1.81. The van der Waals surface area contributed by atoms with Crippen LogP contribution in [0.3, 0.4) is 0 Å². The number of likely N-dealkylation sites (N-methyl/N-ethyl adjacent to an activating group) is 1. The van der Waals surface area contributed by atoms with Crippen LogP contribution in [0.1, 0.15) is 37.4 Å². The molecule has 6 heteroatoms. The van der Waals surface area contributed by atoms with Crippen molar-refractivity contribution in [2.24, 2.45) is 0 Å². The van der Waals surface area contributed by atoms with Crippen molar-refractivity contribution in [3.8, 4) is 0 Å². The topological polar surface area (TPSA) is 68.7 Å². The van der Waals surface area contributed by atoms with E-state index in [1.165, 1.54) is 0 Å². The molecule has 0 spiro atoms. The van der Waals surface area contributed by atoms with E-state index in [1.54, 1.807) is 11.1 Å². The Bertz CT molecular complexity index is 544. The number of likely N-dealkylation sites (tertiary alicyclic amines) is 1. The molecule has 2 N–H and O–H groups in total. The molecule has 1 aliphatic heterocycles. The van der Waals surface area contributed by atoms with Gasteiger partial charge in [0.1, 0.15) is 0 Å². The van der Waals surface area contributed by atoms with Gasteiger partial charge in [-0.1, -0.05) is 6.07 Å². The Morgan fingerprint density at radius 2 is 2.20 bits per heavy atom. The number of aromatic nitrogens is 1. The molecular formula is C19H32N4O2. The average molecular weight is 348 g/mol. The molecule has 140 valence electrons. The first-order chi connectivity index (χ1) is 12.0. The molecule has 2 rings (SSSR count). The molecule has 1 saturated heterocycles. The summed E-state index contributed by atoms with van der Waals surface area (Å²) in [7, 11) is 1.84. The zero-order valence-corrected chi connectivity index (χ0v) is 15.7. The number of urea groups is 1. The van der Waals surface area contributed by atoms with Gasteiger partial charge >= 0.3 is 6.03 Å². The van der Waals surface area contributed by atoms with E-state index in [2.05, 4.69) is 28.2 Å². The molecule has 1 aromatic heterocycles. The van der Waals surface area contributed by atoms with Gasteiger partial charge in [-0.05, 0) is 51.3 Å². The molecule has 0 aliphatic carbocycles. The summed E-state index contributed by atoms with van der Waals surface area (Å²) in [6.45, 7) is 7.66. The van der Waals surface area contributed by atoms with Crippen LogP contribution < -0.4 is 5.32 Å². The number of nitrogens with zero attached hydrogens (tertiary/aromatic N) is 3. The number of aryl methyl sites for hydroxylation is 1. The summed E-state index contributed by atoms with van der Waals surface area (Å²) < 4.78 is 0. The Labute approximate surface area is 151 Å². The maximum absolute atomic E-state index is 12.3. The Hall–Kier alpha value is -1.66. The zero-order valence-electron chi connectivity index (χ0n) is 15.7. The van der Waals surface area contributed by atoms with Crippen LogP contribution in [-0.2, 0) is 6.42 Å². The fourth-order valence-corrected chi connectivity index (χ4v) is 3.11. The lowest BCUT2D eigenvalue weighted by atomic mass is 10.1. The van der Waals surface area contributed by atoms with Gasteiger partial charge in [-0.3, -0.25) is 4.98 Å². The highest BCUT2D eigenvalue weighted by Gasteiger charge is 2.18. The molecule has 1 aliphatic rings. The number of aliphatic hydroxyl groups excluding tert-OH is 1. The second-order valence-electron chi connectivity index (χ2n) is 7.09. The molecule has 0 radical (unpaired) electrons. The van der Waals surface area contributed by atoms with E-state index < -0.39 is 0 Å². The molecule has 1 atom stereocenters. The number of carbonyl (C=O) groups is 1. The third-order valence-electron chi connectivity index (χ3n) is 5.07. The highest BCUT2D eigenvalue weighted by atomic mass is 16.3. The van der Waals surface area contributed by atoms with Gasteiger partial charge in [0.2, 0.25) is 0 Å². The number of hydrogen-bond acceptors (Lipinski definition) is 4. The van der Waals surface area contributed by atoms with E-state index in [0.717, 1.165) is 56.6 Å². The van der Waals surface area contributed by atoms with Crippen molar-refractivity contribution in [3.05, 3.63) is 29.6 Å². The van der Waals surface area contributed by atoms with Crippen molar-refractivity contribution in [1.82, 2.24) is 20.1 Å². The van der Waals surface area contributed by atoms with Gasteiger partial charge < -0.3 is 20.2 Å². The van der Waals surface area contributed by atoms with Crippen LogP contribution in [0.25, 0.3) is 0 Å². The third kappa shape index (κ3) is 6.29. The second-order valence-corrected chi connectivity index (χ2v) is 7.09. The summed E-state index contributed by atoms with van der Waals surface area (Å²) >= 11 is 0. The number of amides is 2. The average Bonchev–Trinajstić information content (AvgIpc) is 2.61. The minimum absolute atomic E-state index is 0.0323. The van der Waals surface area contributed by atoms with E-state index >= 15 is 0 Å². The highest BCUT2D eigenvalue weighted by molar-refractivity contribution is 5.74. The monoisotopic (exact) mass is 348 g/mol. The minimum Gasteiger partial charge on any atom is -0.393 e. The summed E-state index contributed by atoms with van der Waals surface area (Å²) in [6, 6.07) is 4.05.